The Bertz CT molecular complexity index is 2090. The highest BCUT2D eigenvalue weighted by atomic mass is 16.1. The first-order valence-corrected chi connectivity index (χ1v) is 17.3. The van der Waals surface area contributed by atoms with E-state index < -0.39 is 0 Å². The topological polar surface area (TPSA) is 34.1 Å². The maximum atomic E-state index is 14.4. The first-order valence-electron chi connectivity index (χ1n) is 17.3. The number of carbonyl (C=O) groups excluding carboxylic acids is 2. The van der Waals surface area contributed by atoms with Crippen LogP contribution in [0.25, 0.3) is 16.7 Å². The molecule has 0 aliphatic rings. The van der Waals surface area contributed by atoms with Gasteiger partial charge in [0.05, 0.1) is 0 Å². The minimum Gasteiger partial charge on any atom is -0.294 e. The van der Waals surface area contributed by atoms with Gasteiger partial charge in [-0.15, -0.1) is 0 Å². The number of aryl methyl sites for hydroxylation is 2. The normalized spacial score (nSPS) is 11.9. The van der Waals surface area contributed by atoms with Gasteiger partial charge in [0.2, 0.25) is 0 Å². The van der Waals surface area contributed by atoms with Gasteiger partial charge in [0, 0.05) is 18.4 Å². The molecule has 0 amide bonds. The second kappa shape index (κ2) is 16.5. The molecule has 0 aliphatic heterocycles. The third-order valence-corrected chi connectivity index (χ3v) is 9.03. The highest BCUT2D eigenvalue weighted by Gasteiger charge is 2.20. The van der Waals surface area contributed by atoms with Crippen LogP contribution in [-0.2, 0) is 35.3 Å². The lowest BCUT2D eigenvalue weighted by Crippen LogP contribution is -2.10. The van der Waals surface area contributed by atoms with Crippen LogP contribution in [0.5, 0.6) is 0 Å². The van der Waals surface area contributed by atoms with Gasteiger partial charge < -0.3 is 0 Å². The molecular weight excluding hydrogens is 609 g/mol. The summed E-state index contributed by atoms with van der Waals surface area (Å²) in [5.74, 6) is 0.156. The maximum Gasteiger partial charge on any atom is 0.168 e. The van der Waals surface area contributed by atoms with Crippen LogP contribution in [0.4, 0.5) is 0 Å². The average Bonchev–Trinajstić information content (AvgIpc) is 3.14. The fourth-order valence-electron chi connectivity index (χ4n) is 6.31. The van der Waals surface area contributed by atoms with Gasteiger partial charge in [0.1, 0.15) is 0 Å². The summed E-state index contributed by atoms with van der Waals surface area (Å²) in [4.78, 5) is 27.8. The van der Waals surface area contributed by atoms with E-state index in [1.54, 1.807) is 0 Å². The molecule has 2 nitrogen and oxygen atoms in total. The van der Waals surface area contributed by atoms with Crippen molar-refractivity contribution in [2.45, 2.75) is 39.5 Å². The Kier molecular flexibility index (Phi) is 11.2. The van der Waals surface area contributed by atoms with E-state index in [-0.39, 0.29) is 11.6 Å². The number of rotatable bonds is 13. The molecule has 6 aromatic carbocycles. The Hall–Kier alpha value is -5.86. The minimum absolute atomic E-state index is 0.0709. The van der Waals surface area contributed by atoms with Crippen molar-refractivity contribution < 1.29 is 9.59 Å². The Morgan fingerprint density at radius 1 is 0.420 bits per heavy atom. The molecule has 0 saturated heterocycles. The molecule has 6 aromatic rings. The smallest absolute Gasteiger partial charge is 0.168 e. The van der Waals surface area contributed by atoms with Crippen molar-refractivity contribution in [3.05, 3.63) is 220 Å². The first kappa shape index (κ1) is 34.0. The number of benzene rings is 6. The van der Waals surface area contributed by atoms with Crippen molar-refractivity contribution in [3.63, 3.8) is 0 Å². The number of hydrogen-bond donors (Lipinski definition) is 0. The standard InChI is InChI=1S/C48H42O2/c1-35-18-22-39(23-19-35)31-45(49)34-44(30-37-12-6-3-7-13-37)41-26-28-42(29-27-41)46(32-38-14-8-4-9-15-38)48(43-16-10-5-11-17-43)47(50)33-40-24-20-36(2)21-25-40/h3-29,34H,30-33H2,1-2H3/b44-34+,48-46+. The van der Waals surface area contributed by atoms with Crippen LogP contribution in [0.1, 0.15) is 50.1 Å². The van der Waals surface area contributed by atoms with Crippen molar-refractivity contribution in [2.24, 2.45) is 0 Å². The molecule has 6 rings (SSSR count). The zero-order valence-corrected chi connectivity index (χ0v) is 28.8. The summed E-state index contributed by atoms with van der Waals surface area (Å²) in [7, 11) is 0. The molecule has 2 heteroatoms. The van der Waals surface area contributed by atoms with Crippen molar-refractivity contribution in [1.82, 2.24) is 0 Å². The second-order valence-corrected chi connectivity index (χ2v) is 13.0. The van der Waals surface area contributed by atoms with Gasteiger partial charge in [0.25, 0.3) is 0 Å². The van der Waals surface area contributed by atoms with Crippen LogP contribution >= 0.6 is 0 Å². The summed E-state index contributed by atoms with van der Waals surface area (Å²) in [5.41, 5.74) is 12.2. The van der Waals surface area contributed by atoms with E-state index >= 15 is 0 Å². The third kappa shape index (κ3) is 9.18. The van der Waals surface area contributed by atoms with Gasteiger partial charge >= 0.3 is 0 Å². The predicted octanol–water partition coefficient (Wildman–Crippen LogP) is 10.7. The van der Waals surface area contributed by atoms with Gasteiger partial charge in [-0.2, -0.15) is 0 Å². The average molecular weight is 651 g/mol. The van der Waals surface area contributed by atoms with Gasteiger partial charge in [-0.05, 0) is 82.9 Å². The summed E-state index contributed by atoms with van der Waals surface area (Å²) in [6.07, 6.45) is 3.71. The number of ketones is 2. The number of carbonyl (C=O) groups is 2. The molecular formula is C48H42O2. The lowest BCUT2D eigenvalue weighted by Gasteiger charge is -2.18. The monoisotopic (exact) mass is 650 g/mol. The molecule has 0 atom stereocenters. The first-order chi connectivity index (χ1) is 24.4. The van der Waals surface area contributed by atoms with Gasteiger partial charge in [-0.1, -0.05) is 175 Å². The van der Waals surface area contributed by atoms with Crippen molar-refractivity contribution in [1.29, 1.82) is 0 Å². The highest BCUT2D eigenvalue weighted by Crippen LogP contribution is 2.33. The number of allylic oxidation sites excluding steroid dienone is 4. The van der Waals surface area contributed by atoms with E-state index in [1.165, 1.54) is 11.1 Å². The van der Waals surface area contributed by atoms with E-state index in [1.807, 2.05) is 109 Å². The Labute approximate surface area is 296 Å². The summed E-state index contributed by atoms with van der Waals surface area (Å²) in [5, 5.41) is 0. The molecule has 0 N–H and O–H groups in total. The second-order valence-electron chi connectivity index (χ2n) is 13.0. The largest absolute Gasteiger partial charge is 0.294 e. The van der Waals surface area contributed by atoms with Crippen LogP contribution in [0.3, 0.4) is 0 Å². The Morgan fingerprint density at radius 3 is 1.40 bits per heavy atom. The Morgan fingerprint density at radius 2 is 0.860 bits per heavy atom. The van der Waals surface area contributed by atoms with Crippen molar-refractivity contribution in [2.75, 3.05) is 0 Å². The third-order valence-electron chi connectivity index (χ3n) is 9.03. The fourth-order valence-corrected chi connectivity index (χ4v) is 6.31. The molecule has 0 aromatic heterocycles. The fraction of sp³-hybridized carbons (Fsp3) is 0.125. The molecule has 0 spiro atoms. The Balaban J connectivity index is 1.41. The molecule has 246 valence electrons. The van der Waals surface area contributed by atoms with Crippen LogP contribution in [0.2, 0.25) is 0 Å². The molecule has 0 bridgehead atoms. The minimum atomic E-state index is 0.0709. The summed E-state index contributed by atoms with van der Waals surface area (Å²) < 4.78 is 0. The van der Waals surface area contributed by atoms with Crippen molar-refractivity contribution >= 4 is 28.3 Å². The van der Waals surface area contributed by atoms with Crippen molar-refractivity contribution in [3.8, 4) is 0 Å². The predicted molar refractivity (Wildman–Crippen MR) is 208 cm³/mol. The number of hydrogen-bond acceptors (Lipinski definition) is 2. The van der Waals surface area contributed by atoms with Gasteiger partial charge in [-0.25, -0.2) is 0 Å². The molecule has 0 unspecified atom stereocenters. The van der Waals surface area contributed by atoms with Crippen LogP contribution < -0.4 is 0 Å². The van der Waals surface area contributed by atoms with Crippen LogP contribution in [0.15, 0.2) is 170 Å². The van der Waals surface area contributed by atoms with E-state index in [9.17, 15) is 9.59 Å². The van der Waals surface area contributed by atoms with Crippen LogP contribution in [0, 0.1) is 13.8 Å². The molecule has 0 radical (unpaired) electrons. The quantitative estimate of drug-likeness (QED) is 0.0921. The summed E-state index contributed by atoms with van der Waals surface area (Å²) in [6.45, 7) is 4.11. The van der Waals surface area contributed by atoms with E-state index in [2.05, 4.69) is 74.5 Å². The molecule has 0 aliphatic carbocycles. The molecule has 50 heavy (non-hydrogen) atoms. The zero-order chi connectivity index (χ0) is 34.7. The number of Topliss-reactive ketones (excluding diaryl/α,β-unsaturated/α-hetero) is 1. The molecule has 0 saturated carbocycles. The lowest BCUT2D eigenvalue weighted by molar-refractivity contribution is -0.114. The summed E-state index contributed by atoms with van der Waals surface area (Å²) >= 11 is 0. The highest BCUT2D eigenvalue weighted by molar-refractivity contribution is 6.28. The summed E-state index contributed by atoms with van der Waals surface area (Å²) in [6, 6.07) is 55.4. The van der Waals surface area contributed by atoms with E-state index in [4.69, 9.17) is 0 Å². The zero-order valence-electron chi connectivity index (χ0n) is 28.8. The molecule has 0 fully saturated rings. The SMILES string of the molecule is Cc1ccc(CC(=O)/C=C(\Cc2ccccc2)c2ccc(/C(Cc3ccccc3)=C(/C(=O)Cc3ccc(C)cc3)c3ccccc3)cc2)cc1. The maximum absolute atomic E-state index is 14.4. The molecule has 0 heterocycles. The van der Waals surface area contributed by atoms with Crippen LogP contribution in [-0.4, -0.2) is 11.6 Å². The van der Waals surface area contributed by atoms with Gasteiger partial charge in [0.15, 0.2) is 11.6 Å². The lowest BCUT2D eigenvalue weighted by atomic mass is 9.85. The van der Waals surface area contributed by atoms with E-state index in [0.717, 1.165) is 55.7 Å². The van der Waals surface area contributed by atoms with Gasteiger partial charge in [-0.3, -0.25) is 9.59 Å². The van der Waals surface area contributed by atoms with E-state index in [0.29, 0.717) is 25.7 Å².